The number of alkyl halides is 2. The van der Waals surface area contributed by atoms with Crippen molar-refractivity contribution < 1.29 is 18.3 Å². The van der Waals surface area contributed by atoms with Gasteiger partial charge in [0.2, 0.25) is 0 Å². The predicted molar refractivity (Wildman–Crippen MR) is 104 cm³/mol. The number of hydrogen-bond acceptors (Lipinski definition) is 6. The van der Waals surface area contributed by atoms with Gasteiger partial charge >= 0.3 is 12.3 Å². The maximum atomic E-state index is 12.7. The van der Waals surface area contributed by atoms with Crippen molar-refractivity contribution in [3.05, 3.63) is 56.2 Å². The summed E-state index contributed by atoms with van der Waals surface area (Å²) in [5, 5.41) is 0. The van der Waals surface area contributed by atoms with Gasteiger partial charge in [-0.15, -0.1) is 0 Å². The number of rotatable bonds is 9. The minimum absolute atomic E-state index is 0.0388. The first kappa shape index (κ1) is 22.3. The number of carbonyl (C=O) groups excluding carboxylic acids is 1. The van der Waals surface area contributed by atoms with E-state index in [-0.39, 0.29) is 23.7 Å². The topological polar surface area (TPSA) is 99.6 Å². The van der Waals surface area contributed by atoms with Crippen LogP contribution in [-0.4, -0.2) is 40.0 Å². The van der Waals surface area contributed by atoms with Gasteiger partial charge in [-0.3, -0.25) is 23.6 Å². The Morgan fingerprint density at radius 1 is 1.24 bits per heavy atom. The lowest BCUT2D eigenvalue weighted by molar-refractivity contribution is -0.0498. The van der Waals surface area contributed by atoms with Crippen molar-refractivity contribution in [3.63, 3.8) is 0 Å². The fourth-order valence-corrected chi connectivity index (χ4v) is 2.95. The van der Waals surface area contributed by atoms with Crippen LogP contribution in [0.4, 0.5) is 14.6 Å². The zero-order chi connectivity index (χ0) is 21.7. The van der Waals surface area contributed by atoms with Crippen LogP contribution >= 0.6 is 0 Å². The molecule has 0 atom stereocenters. The highest BCUT2D eigenvalue weighted by Gasteiger charge is 2.22. The SMILES string of the molecule is CCCn1c(N)c(C(=O)CN(C)Cc2ccc(OC(F)F)cc2)c(=O)n(C)c1=O. The average Bonchev–Trinajstić information content (AvgIpc) is 2.64. The molecule has 1 aromatic heterocycles. The highest BCUT2D eigenvalue weighted by molar-refractivity contribution is 6.01. The molecule has 0 aliphatic carbocycles. The van der Waals surface area contributed by atoms with Crippen LogP contribution in [0.15, 0.2) is 33.9 Å². The van der Waals surface area contributed by atoms with Gasteiger partial charge in [0, 0.05) is 20.1 Å². The second-order valence-corrected chi connectivity index (χ2v) is 6.68. The number of anilines is 1. The van der Waals surface area contributed by atoms with E-state index in [4.69, 9.17) is 5.73 Å². The van der Waals surface area contributed by atoms with Crippen molar-refractivity contribution in [1.82, 2.24) is 14.0 Å². The zero-order valence-corrected chi connectivity index (χ0v) is 16.5. The van der Waals surface area contributed by atoms with Crippen LogP contribution in [0.25, 0.3) is 0 Å². The fourth-order valence-electron chi connectivity index (χ4n) is 2.95. The number of ether oxygens (including phenoxy) is 1. The first-order valence-electron chi connectivity index (χ1n) is 9.00. The first-order chi connectivity index (χ1) is 13.6. The van der Waals surface area contributed by atoms with E-state index >= 15 is 0 Å². The number of nitrogens with two attached hydrogens (primary N) is 1. The molecule has 0 saturated heterocycles. The van der Waals surface area contributed by atoms with E-state index in [0.717, 1.165) is 10.1 Å². The molecule has 1 heterocycles. The van der Waals surface area contributed by atoms with E-state index < -0.39 is 23.6 Å². The summed E-state index contributed by atoms with van der Waals surface area (Å²) in [6.45, 7) is -0.536. The Kier molecular flexibility index (Phi) is 7.27. The van der Waals surface area contributed by atoms with E-state index in [1.165, 1.54) is 23.7 Å². The number of halogens is 2. The van der Waals surface area contributed by atoms with Gasteiger partial charge in [0.15, 0.2) is 5.78 Å². The molecular formula is C19H24F2N4O4. The maximum Gasteiger partial charge on any atom is 0.387 e. The Bertz CT molecular complexity index is 983. The molecule has 0 fully saturated rings. The number of nitrogens with zero attached hydrogens (tertiary/aromatic N) is 3. The van der Waals surface area contributed by atoms with E-state index in [0.29, 0.717) is 19.5 Å². The molecule has 0 aliphatic rings. The van der Waals surface area contributed by atoms with Gasteiger partial charge in [-0.1, -0.05) is 19.1 Å². The molecule has 0 aliphatic heterocycles. The molecule has 29 heavy (non-hydrogen) atoms. The maximum absolute atomic E-state index is 12.7. The number of hydrogen-bond donors (Lipinski definition) is 1. The summed E-state index contributed by atoms with van der Waals surface area (Å²) in [5.41, 5.74) is 5.21. The number of benzene rings is 1. The molecule has 1 aromatic carbocycles. The monoisotopic (exact) mass is 410 g/mol. The number of aromatic nitrogens is 2. The number of nitrogen functional groups attached to an aromatic ring is 1. The van der Waals surface area contributed by atoms with Gasteiger partial charge < -0.3 is 10.5 Å². The fraction of sp³-hybridized carbons (Fsp3) is 0.421. The van der Waals surface area contributed by atoms with E-state index in [2.05, 4.69) is 4.74 Å². The number of likely N-dealkylation sites (N-methyl/N-ethyl adjacent to an activating group) is 1. The van der Waals surface area contributed by atoms with Crippen LogP contribution in [0.2, 0.25) is 0 Å². The largest absolute Gasteiger partial charge is 0.435 e. The molecule has 158 valence electrons. The highest BCUT2D eigenvalue weighted by Crippen LogP contribution is 2.16. The molecule has 0 radical (unpaired) electrons. The molecule has 2 N–H and O–H groups in total. The molecule has 0 amide bonds. The number of ketones is 1. The molecule has 8 nitrogen and oxygen atoms in total. The Morgan fingerprint density at radius 3 is 2.41 bits per heavy atom. The minimum atomic E-state index is -2.90. The molecular weight excluding hydrogens is 386 g/mol. The summed E-state index contributed by atoms with van der Waals surface area (Å²) in [6.07, 6.45) is 0.612. The van der Waals surface area contributed by atoms with Gasteiger partial charge in [-0.05, 0) is 31.2 Å². The summed E-state index contributed by atoms with van der Waals surface area (Å²) in [7, 11) is 2.98. The Balaban J connectivity index is 2.17. The quantitative estimate of drug-likeness (QED) is 0.629. The van der Waals surface area contributed by atoms with Gasteiger partial charge in [-0.2, -0.15) is 8.78 Å². The first-order valence-corrected chi connectivity index (χ1v) is 9.00. The van der Waals surface area contributed by atoms with E-state index in [9.17, 15) is 23.2 Å². The van der Waals surface area contributed by atoms with Crippen molar-refractivity contribution in [2.45, 2.75) is 33.0 Å². The smallest absolute Gasteiger partial charge is 0.387 e. The third-order valence-corrected chi connectivity index (χ3v) is 4.32. The molecule has 0 unspecified atom stereocenters. The second kappa shape index (κ2) is 9.46. The molecule has 0 spiro atoms. The average molecular weight is 410 g/mol. The lowest BCUT2D eigenvalue weighted by Crippen LogP contribution is -2.43. The van der Waals surface area contributed by atoms with Gasteiger partial charge in [-0.25, -0.2) is 4.79 Å². The second-order valence-electron chi connectivity index (χ2n) is 6.68. The van der Waals surface area contributed by atoms with Gasteiger partial charge in [0.25, 0.3) is 5.56 Å². The molecule has 2 rings (SSSR count). The Hall–Kier alpha value is -3.01. The van der Waals surface area contributed by atoms with E-state index in [1.807, 2.05) is 6.92 Å². The number of Topliss-reactive ketones (excluding diaryl/α,β-unsaturated/α-hetero) is 1. The van der Waals surface area contributed by atoms with Gasteiger partial charge in [0.1, 0.15) is 17.1 Å². The van der Waals surface area contributed by atoms with Crippen molar-refractivity contribution in [2.24, 2.45) is 7.05 Å². The number of carbonyl (C=O) groups is 1. The molecule has 2 aromatic rings. The zero-order valence-electron chi connectivity index (χ0n) is 16.5. The highest BCUT2D eigenvalue weighted by atomic mass is 19.3. The van der Waals surface area contributed by atoms with Crippen LogP contribution in [0, 0.1) is 0 Å². The summed E-state index contributed by atoms with van der Waals surface area (Å²) >= 11 is 0. The molecule has 0 saturated carbocycles. The summed E-state index contributed by atoms with van der Waals surface area (Å²) in [6, 6.07) is 6.03. The third kappa shape index (κ3) is 5.29. The van der Waals surface area contributed by atoms with Gasteiger partial charge in [0.05, 0.1) is 6.54 Å². The van der Waals surface area contributed by atoms with Crippen molar-refractivity contribution in [3.8, 4) is 5.75 Å². The van der Waals surface area contributed by atoms with Crippen molar-refractivity contribution in [2.75, 3.05) is 19.3 Å². The molecule has 0 bridgehead atoms. The Morgan fingerprint density at radius 2 is 1.86 bits per heavy atom. The van der Waals surface area contributed by atoms with Crippen LogP contribution in [0.5, 0.6) is 5.75 Å². The van der Waals surface area contributed by atoms with Crippen molar-refractivity contribution >= 4 is 11.6 Å². The van der Waals surface area contributed by atoms with E-state index in [1.54, 1.807) is 24.1 Å². The lowest BCUT2D eigenvalue weighted by atomic mass is 10.1. The summed E-state index contributed by atoms with van der Waals surface area (Å²) < 4.78 is 30.8. The van der Waals surface area contributed by atoms with Crippen LogP contribution in [0.1, 0.15) is 29.3 Å². The van der Waals surface area contributed by atoms with Crippen LogP contribution in [0.3, 0.4) is 0 Å². The molecule has 10 heteroatoms. The third-order valence-electron chi connectivity index (χ3n) is 4.32. The van der Waals surface area contributed by atoms with Crippen LogP contribution in [-0.2, 0) is 20.1 Å². The minimum Gasteiger partial charge on any atom is -0.435 e. The summed E-state index contributed by atoms with van der Waals surface area (Å²) in [5.74, 6) is -0.600. The lowest BCUT2D eigenvalue weighted by Gasteiger charge is -2.18. The predicted octanol–water partition coefficient (Wildman–Crippen LogP) is 1.46. The van der Waals surface area contributed by atoms with Crippen LogP contribution < -0.4 is 21.7 Å². The normalized spacial score (nSPS) is 11.3. The van der Waals surface area contributed by atoms with Crippen molar-refractivity contribution in [1.29, 1.82) is 0 Å². The standard InChI is InChI=1S/C19H24F2N4O4/c1-4-9-25-16(22)15(17(27)24(3)19(25)28)14(26)11-23(2)10-12-5-7-13(8-6-12)29-18(20)21/h5-8,18H,4,9-11,22H2,1-3H3. The summed E-state index contributed by atoms with van der Waals surface area (Å²) in [4.78, 5) is 39.0. The Labute approximate surface area is 166 Å².